The van der Waals surface area contributed by atoms with Crippen LogP contribution in [0.4, 0.5) is 8.78 Å². The van der Waals surface area contributed by atoms with Crippen LogP contribution in [0.3, 0.4) is 0 Å². The van der Waals surface area contributed by atoms with Crippen LogP contribution in [0.15, 0.2) is 23.6 Å². The summed E-state index contributed by atoms with van der Waals surface area (Å²) in [6, 6.07) is 3.30. The lowest BCUT2D eigenvalue weighted by Gasteiger charge is -2.16. The number of carbonyl (C=O) groups is 1. The summed E-state index contributed by atoms with van der Waals surface area (Å²) in [5, 5.41) is 2.45. The minimum Gasteiger partial charge on any atom is -0.336 e. The number of hydrogen-bond acceptors (Lipinski definition) is 4. The van der Waals surface area contributed by atoms with E-state index in [1.165, 1.54) is 28.4 Å². The first kappa shape index (κ1) is 18.5. The van der Waals surface area contributed by atoms with Crippen LogP contribution in [0.25, 0.3) is 0 Å². The third-order valence-electron chi connectivity index (χ3n) is 2.90. The number of benzene rings is 1. The molecule has 2 rings (SSSR count). The van der Waals surface area contributed by atoms with Gasteiger partial charge in [-0.2, -0.15) is 0 Å². The summed E-state index contributed by atoms with van der Waals surface area (Å²) >= 11 is 1.37. The van der Waals surface area contributed by atoms with Crippen molar-refractivity contribution < 1.29 is 13.6 Å². The minimum atomic E-state index is -0.670. The summed E-state index contributed by atoms with van der Waals surface area (Å²) < 4.78 is 26.4. The molecule has 0 fully saturated rings. The van der Waals surface area contributed by atoms with E-state index in [4.69, 9.17) is 5.73 Å². The molecule has 8 heteroatoms. The third-order valence-corrected chi connectivity index (χ3v) is 3.81. The largest absolute Gasteiger partial charge is 0.336 e. The summed E-state index contributed by atoms with van der Waals surface area (Å²) in [6.45, 7) is 0.520. The molecule has 0 aliphatic carbocycles. The van der Waals surface area contributed by atoms with Gasteiger partial charge >= 0.3 is 0 Å². The van der Waals surface area contributed by atoms with Crippen LogP contribution < -0.4 is 5.73 Å². The first-order valence-electron chi connectivity index (χ1n) is 6.35. The van der Waals surface area contributed by atoms with Crippen molar-refractivity contribution in [2.45, 2.75) is 13.0 Å². The van der Waals surface area contributed by atoms with Crippen LogP contribution in [0.2, 0.25) is 0 Å². The number of rotatable bonds is 5. The number of nitrogens with two attached hydrogens (primary N) is 1. The molecule has 2 N–H and O–H groups in total. The topological polar surface area (TPSA) is 59.2 Å². The average Bonchev–Trinajstić information content (AvgIpc) is 2.90. The fourth-order valence-electron chi connectivity index (χ4n) is 1.82. The zero-order chi connectivity index (χ0) is 15.4. The molecule has 0 saturated heterocycles. The number of nitrogens with zero attached hydrogens (tertiary/aromatic N) is 2. The summed E-state index contributed by atoms with van der Waals surface area (Å²) in [6.07, 6.45) is 0.619. The Balaban J connectivity index is 0.00000242. The number of thiazole rings is 1. The van der Waals surface area contributed by atoms with Crippen LogP contribution in [0.1, 0.15) is 21.1 Å². The Kier molecular flexibility index (Phi) is 6.86. The molecular weight excluding hydrogens is 332 g/mol. The Bertz CT molecular complexity index is 651. The van der Waals surface area contributed by atoms with Crippen molar-refractivity contribution in [1.29, 1.82) is 0 Å². The minimum absolute atomic E-state index is 0. The lowest BCUT2D eigenvalue weighted by Crippen LogP contribution is -2.27. The zero-order valence-electron chi connectivity index (χ0n) is 11.9. The lowest BCUT2D eigenvalue weighted by atomic mass is 10.2. The van der Waals surface area contributed by atoms with Crippen molar-refractivity contribution in [3.8, 4) is 0 Å². The predicted molar refractivity (Wildman–Crippen MR) is 84.3 cm³/mol. The van der Waals surface area contributed by atoms with Gasteiger partial charge in [0.05, 0.1) is 5.01 Å². The Labute approximate surface area is 137 Å². The summed E-state index contributed by atoms with van der Waals surface area (Å²) in [7, 11) is 1.55. The second-order valence-corrected chi connectivity index (χ2v) is 5.50. The zero-order valence-corrected chi connectivity index (χ0v) is 13.5. The van der Waals surface area contributed by atoms with Gasteiger partial charge in [0.15, 0.2) is 0 Å². The summed E-state index contributed by atoms with van der Waals surface area (Å²) in [5.74, 6) is -1.62. The van der Waals surface area contributed by atoms with E-state index >= 15 is 0 Å². The van der Waals surface area contributed by atoms with Gasteiger partial charge in [0.25, 0.3) is 5.91 Å². The molecule has 0 unspecified atom stereocenters. The highest BCUT2D eigenvalue weighted by molar-refractivity contribution is 7.09. The van der Waals surface area contributed by atoms with E-state index in [1.54, 1.807) is 12.4 Å². The number of hydrogen-bond donors (Lipinski definition) is 1. The van der Waals surface area contributed by atoms with Crippen molar-refractivity contribution in [2.24, 2.45) is 5.73 Å². The van der Waals surface area contributed by atoms with Gasteiger partial charge in [-0.15, -0.1) is 23.7 Å². The van der Waals surface area contributed by atoms with Crippen molar-refractivity contribution >= 4 is 29.7 Å². The molecule has 0 aliphatic heterocycles. The first-order chi connectivity index (χ1) is 10.0. The second kappa shape index (κ2) is 8.17. The van der Waals surface area contributed by atoms with Crippen LogP contribution >= 0.6 is 23.7 Å². The highest BCUT2D eigenvalue weighted by atomic mass is 35.5. The van der Waals surface area contributed by atoms with Crippen LogP contribution in [-0.2, 0) is 13.0 Å². The summed E-state index contributed by atoms with van der Waals surface area (Å²) in [4.78, 5) is 17.7. The SMILES string of the molecule is CN(Cc1ccc(F)cc1F)C(=O)c1csc(CCN)n1.Cl. The maximum Gasteiger partial charge on any atom is 0.273 e. The fraction of sp³-hybridized carbons (Fsp3) is 0.286. The monoisotopic (exact) mass is 347 g/mol. The quantitative estimate of drug-likeness (QED) is 0.904. The Morgan fingerprint density at radius 2 is 2.14 bits per heavy atom. The molecule has 1 heterocycles. The van der Waals surface area contributed by atoms with Crippen LogP contribution in [-0.4, -0.2) is 29.4 Å². The van der Waals surface area contributed by atoms with Gasteiger partial charge in [0.2, 0.25) is 0 Å². The average molecular weight is 348 g/mol. The van der Waals surface area contributed by atoms with E-state index in [0.29, 0.717) is 18.7 Å². The molecule has 1 aromatic heterocycles. The number of amides is 1. The molecule has 1 aromatic carbocycles. The van der Waals surface area contributed by atoms with Gasteiger partial charge in [-0.05, 0) is 12.6 Å². The molecule has 0 spiro atoms. The standard InChI is InChI=1S/C14H15F2N3OS.ClH/c1-19(7-9-2-3-10(15)6-11(9)16)14(20)12-8-21-13(18-12)4-5-17;/h2-3,6,8H,4-5,7,17H2,1H3;1H. The molecule has 120 valence electrons. The molecular formula is C14H16ClF2N3OS. The third kappa shape index (κ3) is 4.46. The number of carbonyl (C=O) groups excluding carboxylic acids is 1. The van der Waals surface area contributed by atoms with Crippen molar-refractivity contribution in [2.75, 3.05) is 13.6 Å². The van der Waals surface area contributed by atoms with Gasteiger partial charge < -0.3 is 10.6 Å². The van der Waals surface area contributed by atoms with Gasteiger partial charge in [-0.3, -0.25) is 4.79 Å². The lowest BCUT2D eigenvalue weighted by molar-refractivity contribution is 0.0778. The highest BCUT2D eigenvalue weighted by Gasteiger charge is 2.17. The molecule has 0 aliphatic rings. The fourth-order valence-corrected chi connectivity index (χ4v) is 2.61. The molecule has 2 aromatic rings. The van der Waals surface area contributed by atoms with Crippen LogP contribution in [0.5, 0.6) is 0 Å². The van der Waals surface area contributed by atoms with Crippen molar-refractivity contribution in [1.82, 2.24) is 9.88 Å². The van der Waals surface area contributed by atoms with E-state index in [0.717, 1.165) is 11.1 Å². The Hall–Kier alpha value is -1.57. The van der Waals surface area contributed by atoms with Crippen molar-refractivity contribution in [3.05, 3.63) is 51.5 Å². The number of aromatic nitrogens is 1. The van der Waals surface area contributed by atoms with E-state index in [1.807, 2.05) is 0 Å². The Morgan fingerprint density at radius 3 is 2.77 bits per heavy atom. The second-order valence-electron chi connectivity index (χ2n) is 4.56. The number of halogens is 3. The molecule has 0 bridgehead atoms. The predicted octanol–water partition coefficient (Wildman–Crippen LogP) is 2.62. The maximum atomic E-state index is 13.6. The van der Waals surface area contributed by atoms with Gasteiger partial charge in [-0.1, -0.05) is 6.07 Å². The first-order valence-corrected chi connectivity index (χ1v) is 7.23. The van der Waals surface area contributed by atoms with E-state index < -0.39 is 11.6 Å². The highest BCUT2D eigenvalue weighted by Crippen LogP contribution is 2.15. The van der Waals surface area contributed by atoms with Crippen molar-refractivity contribution in [3.63, 3.8) is 0 Å². The molecule has 0 radical (unpaired) electrons. The van der Waals surface area contributed by atoms with E-state index in [2.05, 4.69) is 4.98 Å². The van der Waals surface area contributed by atoms with Gasteiger partial charge in [0.1, 0.15) is 17.3 Å². The maximum absolute atomic E-state index is 13.6. The Morgan fingerprint density at radius 1 is 1.41 bits per heavy atom. The normalized spacial score (nSPS) is 10.2. The van der Waals surface area contributed by atoms with E-state index in [-0.39, 0.29) is 30.4 Å². The molecule has 22 heavy (non-hydrogen) atoms. The smallest absolute Gasteiger partial charge is 0.273 e. The van der Waals surface area contributed by atoms with E-state index in [9.17, 15) is 13.6 Å². The molecule has 0 atom stereocenters. The van der Waals surface area contributed by atoms with Gasteiger partial charge in [-0.25, -0.2) is 13.8 Å². The van der Waals surface area contributed by atoms with Gasteiger partial charge in [0, 0.05) is 37.0 Å². The molecule has 4 nitrogen and oxygen atoms in total. The molecule has 0 saturated carbocycles. The van der Waals surface area contributed by atoms with Crippen LogP contribution in [0, 0.1) is 11.6 Å². The molecule has 1 amide bonds. The summed E-state index contributed by atoms with van der Waals surface area (Å²) in [5.41, 5.74) is 6.00.